The lowest BCUT2D eigenvalue weighted by atomic mass is 10.2. The Morgan fingerprint density at radius 1 is 0.844 bits per heavy atom. The van der Waals surface area contributed by atoms with Crippen molar-refractivity contribution in [3.63, 3.8) is 0 Å². The zero-order valence-electron chi connectivity index (χ0n) is 17.7. The van der Waals surface area contributed by atoms with Gasteiger partial charge in [0, 0.05) is 33.6 Å². The molecule has 0 amide bonds. The van der Waals surface area contributed by atoms with E-state index in [2.05, 4.69) is 9.88 Å². The first kappa shape index (κ1) is 19.8. The van der Waals surface area contributed by atoms with Gasteiger partial charge in [0.1, 0.15) is 31.9 Å². The Bertz CT molecular complexity index is 1340. The molecule has 3 aliphatic rings. The molecule has 1 aliphatic heterocycles. The van der Waals surface area contributed by atoms with Crippen LogP contribution in [0.1, 0.15) is 39.5 Å². The minimum atomic E-state index is 0.780. The van der Waals surface area contributed by atoms with Gasteiger partial charge in [-0.2, -0.15) is 0 Å². The largest absolute Gasteiger partial charge is 0.379 e. The summed E-state index contributed by atoms with van der Waals surface area (Å²) >= 11 is 5.46. The summed E-state index contributed by atoms with van der Waals surface area (Å²) in [5, 5.41) is 4.68. The number of morpholine rings is 1. The van der Waals surface area contributed by atoms with Gasteiger partial charge in [0.15, 0.2) is 0 Å². The molecule has 4 aromatic heterocycles. The molecule has 164 valence electrons. The third-order valence-corrected chi connectivity index (χ3v) is 10.1. The third kappa shape index (κ3) is 3.28. The van der Waals surface area contributed by atoms with Crippen LogP contribution < -0.4 is 0 Å². The highest BCUT2D eigenvalue weighted by molar-refractivity contribution is 7.99. The number of rotatable bonds is 4. The van der Waals surface area contributed by atoms with Gasteiger partial charge in [-0.25, -0.2) is 19.9 Å². The molecule has 9 heteroatoms. The average molecular weight is 482 g/mol. The lowest BCUT2D eigenvalue weighted by molar-refractivity contribution is 0.0330. The number of aromatic nitrogens is 4. The van der Waals surface area contributed by atoms with Crippen LogP contribution in [0.2, 0.25) is 0 Å². The van der Waals surface area contributed by atoms with Gasteiger partial charge < -0.3 is 4.74 Å². The van der Waals surface area contributed by atoms with E-state index in [0.717, 1.165) is 71.2 Å². The molecule has 0 bridgehead atoms. The van der Waals surface area contributed by atoms with Crippen molar-refractivity contribution in [3.05, 3.63) is 33.0 Å². The van der Waals surface area contributed by atoms with Gasteiger partial charge in [0.05, 0.1) is 19.8 Å². The predicted octanol–water partition coefficient (Wildman–Crippen LogP) is 4.66. The molecule has 0 aromatic carbocycles. The first-order valence-electron chi connectivity index (χ1n) is 11.4. The number of thiophene rings is 2. The Labute approximate surface area is 198 Å². The van der Waals surface area contributed by atoms with Crippen LogP contribution in [0.15, 0.2) is 16.4 Å². The van der Waals surface area contributed by atoms with E-state index in [1.165, 1.54) is 57.3 Å². The van der Waals surface area contributed by atoms with Crippen molar-refractivity contribution in [2.24, 2.45) is 0 Å². The normalized spacial score (nSPS) is 18.6. The molecule has 1 saturated heterocycles. The molecule has 0 radical (unpaired) electrons. The van der Waals surface area contributed by atoms with E-state index < -0.39 is 0 Å². The van der Waals surface area contributed by atoms with Crippen molar-refractivity contribution in [3.8, 4) is 0 Å². The Balaban J connectivity index is 1.35. The number of hydrogen-bond acceptors (Lipinski definition) is 9. The van der Waals surface area contributed by atoms with E-state index in [-0.39, 0.29) is 0 Å². The van der Waals surface area contributed by atoms with Crippen LogP contribution in [-0.4, -0.2) is 51.1 Å². The highest BCUT2D eigenvalue weighted by Gasteiger charge is 2.26. The smallest absolute Gasteiger partial charge is 0.145 e. The van der Waals surface area contributed by atoms with Crippen LogP contribution in [0, 0.1) is 0 Å². The summed E-state index contributed by atoms with van der Waals surface area (Å²) in [5.74, 6) is 0.919. The molecule has 32 heavy (non-hydrogen) atoms. The van der Waals surface area contributed by atoms with Crippen molar-refractivity contribution >= 4 is 54.9 Å². The molecular formula is C23H23N5OS3. The van der Waals surface area contributed by atoms with Crippen molar-refractivity contribution in [2.45, 2.75) is 55.1 Å². The standard InChI is InChI=1S/C23H23N5OS3/c1-3-13-15(5-1)30-20-18(13)21(25-12-24-20)32-23-19-14-4-2-6-16(14)31-22(19)26-17(27-23)11-28-7-9-29-10-8-28/h12H,1-11H2. The number of ether oxygens (including phenoxy) is 1. The van der Waals surface area contributed by atoms with Gasteiger partial charge in [-0.1, -0.05) is 0 Å². The second-order valence-electron chi connectivity index (χ2n) is 8.69. The summed E-state index contributed by atoms with van der Waals surface area (Å²) in [5.41, 5.74) is 2.95. The average Bonchev–Trinajstić information content (AvgIpc) is 3.55. The van der Waals surface area contributed by atoms with Crippen LogP contribution in [0.3, 0.4) is 0 Å². The minimum absolute atomic E-state index is 0.780. The molecule has 0 N–H and O–H groups in total. The van der Waals surface area contributed by atoms with Crippen LogP contribution in [0.25, 0.3) is 20.4 Å². The fraction of sp³-hybridized carbons (Fsp3) is 0.478. The number of aryl methyl sites for hydroxylation is 4. The Morgan fingerprint density at radius 3 is 2.34 bits per heavy atom. The van der Waals surface area contributed by atoms with E-state index in [0.29, 0.717) is 0 Å². The van der Waals surface area contributed by atoms with Crippen LogP contribution in [0.5, 0.6) is 0 Å². The molecule has 6 nitrogen and oxygen atoms in total. The molecule has 0 saturated carbocycles. The van der Waals surface area contributed by atoms with Crippen LogP contribution in [0.4, 0.5) is 0 Å². The minimum Gasteiger partial charge on any atom is -0.379 e. The summed E-state index contributed by atoms with van der Waals surface area (Å²) in [6, 6.07) is 0. The van der Waals surface area contributed by atoms with Gasteiger partial charge in [0.2, 0.25) is 0 Å². The van der Waals surface area contributed by atoms with Gasteiger partial charge in [-0.3, -0.25) is 4.90 Å². The molecule has 0 spiro atoms. The zero-order valence-corrected chi connectivity index (χ0v) is 20.2. The number of hydrogen-bond donors (Lipinski definition) is 0. The molecule has 5 heterocycles. The van der Waals surface area contributed by atoms with Crippen LogP contribution in [-0.2, 0) is 37.0 Å². The first-order chi connectivity index (χ1) is 15.8. The van der Waals surface area contributed by atoms with Crippen molar-refractivity contribution in [1.29, 1.82) is 0 Å². The summed E-state index contributed by atoms with van der Waals surface area (Å²) in [6.07, 6.45) is 8.85. The monoisotopic (exact) mass is 481 g/mol. The van der Waals surface area contributed by atoms with Crippen LogP contribution >= 0.6 is 34.4 Å². The summed E-state index contributed by atoms with van der Waals surface area (Å²) in [4.78, 5) is 27.2. The summed E-state index contributed by atoms with van der Waals surface area (Å²) < 4.78 is 5.52. The fourth-order valence-corrected chi connectivity index (χ4v) is 8.89. The summed E-state index contributed by atoms with van der Waals surface area (Å²) in [6.45, 7) is 4.25. The number of nitrogens with zero attached hydrogens (tertiary/aromatic N) is 5. The first-order valence-corrected chi connectivity index (χ1v) is 13.8. The van der Waals surface area contributed by atoms with Crippen molar-refractivity contribution in [1.82, 2.24) is 24.8 Å². The lowest BCUT2D eigenvalue weighted by Gasteiger charge is -2.25. The second-order valence-corrected chi connectivity index (χ2v) is 11.8. The Morgan fingerprint density at radius 2 is 1.56 bits per heavy atom. The number of fused-ring (bicyclic) bond motifs is 6. The van der Waals surface area contributed by atoms with E-state index in [4.69, 9.17) is 19.7 Å². The molecule has 1 fully saturated rings. The topological polar surface area (TPSA) is 64.0 Å². The van der Waals surface area contributed by atoms with E-state index >= 15 is 0 Å². The highest BCUT2D eigenvalue weighted by atomic mass is 32.2. The molecule has 7 rings (SSSR count). The van der Waals surface area contributed by atoms with Gasteiger partial charge >= 0.3 is 0 Å². The van der Waals surface area contributed by atoms with Gasteiger partial charge in [-0.15, -0.1) is 22.7 Å². The van der Waals surface area contributed by atoms with E-state index in [1.54, 1.807) is 18.1 Å². The molecule has 0 atom stereocenters. The highest BCUT2D eigenvalue weighted by Crippen LogP contribution is 2.45. The maximum absolute atomic E-state index is 5.52. The molecule has 0 unspecified atom stereocenters. The zero-order chi connectivity index (χ0) is 21.1. The second kappa shape index (κ2) is 7.99. The SMILES string of the molecule is c1nc(Sc2nc(CN3CCOCC3)nc3sc4c(c23)CCC4)c2c3c(sc2n1)CCC3. The Kier molecular flexibility index (Phi) is 4.94. The third-order valence-electron chi connectivity index (χ3n) is 6.71. The maximum atomic E-state index is 5.52. The van der Waals surface area contributed by atoms with E-state index in [9.17, 15) is 0 Å². The van der Waals surface area contributed by atoms with Crippen molar-refractivity contribution < 1.29 is 4.74 Å². The van der Waals surface area contributed by atoms with Gasteiger partial charge in [-0.05, 0) is 61.4 Å². The quantitative estimate of drug-likeness (QED) is 0.393. The lowest BCUT2D eigenvalue weighted by Crippen LogP contribution is -2.36. The maximum Gasteiger partial charge on any atom is 0.145 e. The fourth-order valence-electron chi connectivity index (χ4n) is 5.18. The van der Waals surface area contributed by atoms with Crippen molar-refractivity contribution in [2.75, 3.05) is 26.3 Å². The molecular weight excluding hydrogens is 458 g/mol. The predicted molar refractivity (Wildman–Crippen MR) is 129 cm³/mol. The summed E-state index contributed by atoms with van der Waals surface area (Å²) in [7, 11) is 0. The Hall–Kier alpha value is -1.65. The molecule has 2 aliphatic carbocycles. The van der Waals surface area contributed by atoms with Gasteiger partial charge in [0.25, 0.3) is 0 Å². The molecule has 4 aromatic rings. The van der Waals surface area contributed by atoms with E-state index in [1.807, 2.05) is 22.7 Å².